The summed E-state index contributed by atoms with van der Waals surface area (Å²) in [5.74, 6) is 0.812. The van der Waals surface area contributed by atoms with Crippen molar-refractivity contribution in [1.82, 2.24) is 9.88 Å². The van der Waals surface area contributed by atoms with Crippen LogP contribution in [0.1, 0.15) is 35.1 Å². The molecular weight excluding hydrogens is 264 g/mol. The number of nitrogens with one attached hydrogen (secondary N) is 1. The Balaban J connectivity index is 2.36. The lowest BCUT2D eigenvalue weighted by Gasteiger charge is -2.11. The highest BCUT2D eigenvalue weighted by Gasteiger charge is 2.16. The fraction of sp³-hybridized carbons (Fsp3) is 0.353. The van der Waals surface area contributed by atoms with Crippen LogP contribution in [0.2, 0.25) is 0 Å². The van der Waals surface area contributed by atoms with Gasteiger partial charge in [0.15, 0.2) is 0 Å². The first kappa shape index (κ1) is 15.2. The van der Waals surface area contributed by atoms with E-state index in [2.05, 4.69) is 9.88 Å². The van der Waals surface area contributed by atoms with E-state index < -0.39 is 0 Å². The number of aryl methyl sites for hydroxylation is 1. The standard InChI is InChI=1S/C17H22N2O2/c1-5-10-18-17(20)16-11-12(2)19(13(16)3)14-6-8-15(21-4)9-7-14/h6-9,11H,5,10H2,1-4H3,(H,18,20). The molecule has 4 nitrogen and oxygen atoms in total. The molecular formula is C17H22N2O2. The topological polar surface area (TPSA) is 43.3 Å². The van der Waals surface area contributed by atoms with Crippen molar-refractivity contribution >= 4 is 5.91 Å². The molecule has 1 aromatic carbocycles. The van der Waals surface area contributed by atoms with Crippen molar-refractivity contribution in [3.63, 3.8) is 0 Å². The third kappa shape index (κ3) is 3.10. The molecule has 1 N–H and O–H groups in total. The van der Waals surface area contributed by atoms with Crippen LogP contribution >= 0.6 is 0 Å². The van der Waals surface area contributed by atoms with E-state index in [0.29, 0.717) is 6.54 Å². The predicted octanol–water partition coefficient (Wildman–Crippen LogP) is 3.24. The highest BCUT2D eigenvalue weighted by Crippen LogP contribution is 2.22. The van der Waals surface area contributed by atoms with Gasteiger partial charge in [0, 0.05) is 23.6 Å². The molecule has 2 rings (SSSR count). The second-order valence-corrected chi connectivity index (χ2v) is 5.07. The zero-order valence-electron chi connectivity index (χ0n) is 13.1. The highest BCUT2D eigenvalue weighted by atomic mass is 16.5. The van der Waals surface area contributed by atoms with E-state index in [-0.39, 0.29) is 5.91 Å². The molecule has 0 aliphatic heterocycles. The Morgan fingerprint density at radius 2 is 1.90 bits per heavy atom. The quantitative estimate of drug-likeness (QED) is 0.917. The number of benzene rings is 1. The van der Waals surface area contributed by atoms with Gasteiger partial charge in [-0.25, -0.2) is 0 Å². The number of ether oxygens (including phenoxy) is 1. The van der Waals surface area contributed by atoms with E-state index in [0.717, 1.165) is 34.8 Å². The minimum absolute atomic E-state index is 0.00953. The lowest BCUT2D eigenvalue weighted by Crippen LogP contribution is -2.24. The summed E-state index contributed by atoms with van der Waals surface area (Å²) in [6.07, 6.45) is 0.933. The van der Waals surface area contributed by atoms with Crippen LogP contribution in [0.3, 0.4) is 0 Å². The van der Waals surface area contributed by atoms with Crippen molar-refractivity contribution in [3.05, 3.63) is 47.3 Å². The molecule has 0 fully saturated rings. The molecule has 0 radical (unpaired) electrons. The molecule has 21 heavy (non-hydrogen) atoms. The van der Waals surface area contributed by atoms with Gasteiger partial charge in [-0.05, 0) is 50.6 Å². The molecule has 0 aliphatic carbocycles. The van der Waals surface area contributed by atoms with Gasteiger partial charge in [-0.3, -0.25) is 4.79 Å². The number of carbonyl (C=O) groups is 1. The fourth-order valence-electron chi connectivity index (χ4n) is 2.46. The van der Waals surface area contributed by atoms with Crippen molar-refractivity contribution in [2.24, 2.45) is 0 Å². The lowest BCUT2D eigenvalue weighted by atomic mass is 10.2. The number of rotatable bonds is 5. The average Bonchev–Trinajstić information content (AvgIpc) is 2.80. The normalized spacial score (nSPS) is 10.5. The Hall–Kier alpha value is -2.23. The summed E-state index contributed by atoms with van der Waals surface area (Å²) in [6.45, 7) is 6.72. The number of hydrogen-bond donors (Lipinski definition) is 1. The number of carbonyl (C=O) groups excluding carboxylic acids is 1. The summed E-state index contributed by atoms with van der Waals surface area (Å²) in [5.41, 5.74) is 3.75. The van der Waals surface area contributed by atoms with Crippen LogP contribution in [-0.4, -0.2) is 24.1 Å². The lowest BCUT2D eigenvalue weighted by molar-refractivity contribution is 0.0953. The number of methoxy groups -OCH3 is 1. The van der Waals surface area contributed by atoms with Crippen molar-refractivity contribution in [3.8, 4) is 11.4 Å². The van der Waals surface area contributed by atoms with Crippen LogP contribution in [-0.2, 0) is 0 Å². The second-order valence-electron chi connectivity index (χ2n) is 5.07. The van der Waals surface area contributed by atoms with Gasteiger partial charge in [0.1, 0.15) is 5.75 Å². The molecule has 1 amide bonds. The minimum Gasteiger partial charge on any atom is -0.497 e. The van der Waals surface area contributed by atoms with Gasteiger partial charge in [-0.15, -0.1) is 0 Å². The maximum atomic E-state index is 12.2. The molecule has 1 aromatic heterocycles. The molecule has 0 saturated heterocycles. The third-order valence-electron chi connectivity index (χ3n) is 3.54. The zero-order valence-corrected chi connectivity index (χ0v) is 13.1. The van der Waals surface area contributed by atoms with Gasteiger partial charge in [-0.1, -0.05) is 6.92 Å². The Kier molecular flexibility index (Phi) is 4.68. The molecule has 0 atom stereocenters. The zero-order chi connectivity index (χ0) is 15.4. The molecule has 2 aromatic rings. The summed E-state index contributed by atoms with van der Waals surface area (Å²) >= 11 is 0. The first-order chi connectivity index (χ1) is 10.1. The smallest absolute Gasteiger partial charge is 0.253 e. The minimum atomic E-state index is -0.00953. The van der Waals surface area contributed by atoms with Crippen molar-refractivity contribution < 1.29 is 9.53 Å². The molecule has 1 heterocycles. The maximum absolute atomic E-state index is 12.2. The van der Waals surface area contributed by atoms with Crippen LogP contribution in [0, 0.1) is 13.8 Å². The van der Waals surface area contributed by atoms with Crippen LogP contribution in [0.5, 0.6) is 5.75 Å². The molecule has 0 saturated carbocycles. The molecule has 112 valence electrons. The van der Waals surface area contributed by atoms with Gasteiger partial charge in [0.2, 0.25) is 0 Å². The number of hydrogen-bond acceptors (Lipinski definition) is 2. The van der Waals surface area contributed by atoms with E-state index in [1.165, 1.54) is 0 Å². The fourth-order valence-corrected chi connectivity index (χ4v) is 2.46. The van der Waals surface area contributed by atoms with E-state index in [1.807, 2.05) is 51.1 Å². The first-order valence-electron chi connectivity index (χ1n) is 7.20. The Labute approximate surface area is 125 Å². The van der Waals surface area contributed by atoms with Crippen LogP contribution in [0.15, 0.2) is 30.3 Å². The van der Waals surface area contributed by atoms with E-state index in [9.17, 15) is 4.79 Å². The Morgan fingerprint density at radius 3 is 2.48 bits per heavy atom. The molecule has 0 unspecified atom stereocenters. The van der Waals surface area contributed by atoms with Crippen molar-refractivity contribution in [2.45, 2.75) is 27.2 Å². The second kappa shape index (κ2) is 6.48. The van der Waals surface area contributed by atoms with Gasteiger partial charge in [-0.2, -0.15) is 0 Å². The van der Waals surface area contributed by atoms with Crippen molar-refractivity contribution in [2.75, 3.05) is 13.7 Å². The largest absolute Gasteiger partial charge is 0.497 e. The molecule has 4 heteroatoms. The summed E-state index contributed by atoms with van der Waals surface area (Å²) in [4.78, 5) is 12.2. The van der Waals surface area contributed by atoms with Gasteiger partial charge in [0.25, 0.3) is 5.91 Å². The summed E-state index contributed by atoms with van der Waals surface area (Å²) in [7, 11) is 1.65. The van der Waals surface area contributed by atoms with Gasteiger partial charge in [0.05, 0.1) is 12.7 Å². The van der Waals surface area contributed by atoms with E-state index in [1.54, 1.807) is 7.11 Å². The molecule has 0 bridgehead atoms. The van der Waals surface area contributed by atoms with Crippen molar-refractivity contribution in [1.29, 1.82) is 0 Å². The SMILES string of the molecule is CCCNC(=O)c1cc(C)n(-c2ccc(OC)cc2)c1C. The monoisotopic (exact) mass is 286 g/mol. The van der Waals surface area contributed by atoms with Gasteiger partial charge < -0.3 is 14.6 Å². The van der Waals surface area contributed by atoms with E-state index in [4.69, 9.17) is 4.74 Å². The summed E-state index contributed by atoms with van der Waals surface area (Å²) in [5, 5.41) is 2.93. The highest BCUT2D eigenvalue weighted by molar-refractivity contribution is 5.95. The maximum Gasteiger partial charge on any atom is 0.253 e. The van der Waals surface area contributed by atoms with Gasteiger partial charge >= 0.3 is 0 Å². The molecule has 0 aliphatic rings. The first-order valence-corrected chi connectivity index (χ1v) is 7.20. The van der Waals surface area contributed by atoms with Crippen LogP contribution in [0.25, 0.3) is 5.69 Å². The number of amides is 1. The number of aromatic nitrogens is 1. The summed E-state index contributed by atoms with van der Waals surface area (Å²) in [6, 6.07) is 9.76. The average molecular weight is 286 g/mol. The summed E-state index contributed by atoms with van der Waals surface area (Å²) < 4.78 is 7.26. The Morgan fingerprint density at radius 1 is 1.24 bits per heavy atom. The molecule has 0 spiro atoms. The van der Waals surface area contributed by atoms with E-state index >= 15 is 0 Å². The predicted molar refractivity (Wildman–Crippen MR) is 84.4 cm³/mol. The third-order valence-corrected chi connectivity index (χ3v) is 3.54. The Bertz CT molecular complexity index is 627. The van der Waals surface area contributed by atoms with Crippen LogP contribution in [0.4, 0.5) is 0 Å². The number of nitrogens with zero attached hydrogens (tertiary/aromatic N) is 1. The van der Waals surface area contributed by atoms with Crippen LogP contribution < -0.4 is 10.1 Å².